The summed E-state index contributed by atoms with van der Waals surface area (Å²) in [5.74, 6) is 0.880. The molecule has 0 heterocycles. The van der Waals surface area contributed by atoms with Crippen LogP contribution >= 0.6 is 15.9 Å². The van der Waals surface area contributed by atoms with E-state index < -0.39 is 0 Å². The number of rotatable bonds is 6. The lowest BCUT2D eigenvalue weighted by atomic mass is 10.1. The first-order valence-electron chi connectivity index (χ1n) is 6.83. The van der Waals surface area contributed by atoms with E-state index in [1.54, 1.807) is 0 Å². The predicted octanol–water partition coefficient (Wildman–Crippen LogP) is 4.53. The van der Waals surface area contributed by atoms with E-state index in [1.165, 1.54) is 11.1 Å². The van der Waals surface area contributed by atoms with Gasteiger partial charge in [0.25, 0.3) is 0 Å². The monoisotopic (exact) mass is 333 g/mol. The van der Waals surface area contributed by atoms with Gasteiger partial charge in [0, 0.05) is 17.1 Å². The van der Waals surface area contributed by atoms with Crippen LogP contribution in [0.3, 0.4) is 0 Å². The Morgan fingerprint density at radius 2 is 1.80 bits per heavy atom. The van der Waals surface area contributed by atoms with Gasteiger partial charge < -0.3 is 10.1 Å². The van der Waals surface area contributed by atoms with Crippen LogP contribution in [0.2, 0.25) is 0 Å². The maximum atomic E-state index is 5.80. The number of hydrogen-bond acceptors (Lipinski definition) is 2. The molecule has 0 aliphatic heterocycles. The second-order valence-corrected chi connectivity index (χ2v) is 6.02. The molecule has 0 atom stereocenters. The van der Waals surface area contributed by atoms with Gasteiger partial charge >= 0.3 is 0 Å². The summed E-state index contributed by atoms with van der Waals surface area (Å²) in [7, 11) is 0. The number of hydrogen-bond donors (Lipinski definition) is 1. The number of halogens is 1. The maximum absolute atomic E-state index is 5.80. The molecule has 20 heavy (non-hydrogen) atoms. The van der Waals surface area contributed by atoms with Gasteiger partial charge in [0.2, 0.25) is 0 Å². The highest BCUT2D eigenvalue weighted by Gasteiger charge is 2.00. The molecule has 0 fully saturated rings. The largest absolute Gasteiger partial charge is 0.489 e. The Kier molecular flexibility index (Phi) is 5.62. The van der Waals surface area contributed by atoms with Crippen LogP contribution < -0.4 is 10.1 Å². The van der Waals surface area contributed by atoms with Crippen LogP contribution in [0.15, 0.2) is 53.0 Å². The average Bonchev–Trinajstić information content (AvgIpc) is 2.43. The lowest BCUT2D eigenvalue weighted by Gasteiger charge is -2.10. The first-order chi connectivity index (χ1) is 9.63. The number of nitrogens with one attached hydrogen (secondary N) is 1. The van der Waals surface area contributed by atoms with E-state index in [4.69, 9.17) is 4.74 Å². The molecule has 2 rings (SSSR count). The summed E-state index contributed by atoms with van der Waals surface area (Å²) in [5, 5.41) is 3.42. The van der Waals surface area contributed by atoms with Crippen LogP contribution in [0.4, 0.5) is 0 Å². The molecule has 2 nitrogen and oxygen atoms in total. The molecule has 0 spiro atoms. The summed E-state index contributed by atoms with van der Waals surface area (Å²) in [5.41, 5.74) is 2.47. The summed E-state index contributed by atoms with van der Waals surface area (Å²) in [6, 6.07) is 16.9. The molecule has 0 aliphatic rings. The smallest absolute Gasteiger partial charge is 0.120 e. The predicted molar refractivity (Wildman–Crippen MR) is 86.9 cm³/mol. The molecule has 0 aliphatic carbocycles. The molecule has 2 aromatic carbocycles. The van der Waals surface area contributed by atoms with Crippen molar-refractivity contribution in [2.45, 2.75) is 33.0 Å². The molecule has 0 saturated carbocycles. The quantitative estimate of drug-likeness (QED) is 0.838. The van der Waals surface area contributed by atoms with Crippen molar-refractivity contribution in [1.82, 2.24) is 5.32 Å². The third kappa shape index (κ3) is 4.99. The van der Waals surface area contributed by atoms with Gasteiger partial charge in [0.1, 0.15) is 12.4 Å². The number of benzene rings is 2. The fourth-order valence-electron chi connectivity index (χ4n) is 1.87. The normalized spacial score (nSPS) is 10.8. The third-order valence-corrected chi connectivity index (χ3v) is 3.40. The second kappa shape index (κ2) is 7.46. The van der Waals surface area contributed by atoms with Gasteiger partial charge in [-0.15, -0.1) is 0 Å². The van der Waals surface area contributed by atoms with Gasteiger partial charge in [0.15, 0.2) is 0 Å². The van der Waals surface area contributed by atoms with Crippen LogP contribution in [0, 0.1) is 0 Å². The molecule has 106 valence electrons. The topological polar surface area (TPSA) is 21.3 Å². The van der Waals surface area contributed by atoms with E-state index >= 15 is 0 Å². The summed E-state index contributed by atoms with van der Waals surface area (Å²) in [4.78, 5) is 0. The molecule has 3 heteroatoms. The molecule has 2 aromatic rings. The van der Waals surface area contributed by atoms with Gasteiger partial charge in [-0.2, -0.15) is 0 Å². The van der Waals surface area contributed by atoms with E-state index in [2.05, 4.69) is 59.4 Å². The summed E-state index contributed by atoms with van der Waals surface area (Å²) < 4.78 is 6.84. The highest BCUT2D eigenvalue weighted by atomic mass is 79.9. The van der Waals surface area contributed by atoms with E-state index in [-0.39, 0.29) is 0 Å². The number of ether oxygens (including phenoxy) is 1. The molecule has 0 bridgehead atoms. The molecule has 1 N–H and O–H groups in total. The lowest BCUT2D eigenvalue weighted by molar-refractivity contribution is 0.306. The minimum atomic E-state index is 0.497. The molecule has 0 unspecified atom stereocenters. The SMILES string of the molecule is CC(C)NCc1cccc(COc2cccc(Br)c2)c1. The third-order valence-electron chi connectivity index (χ3n) is 2.91. The van der Waals surface area contributed by atoms with Crippen LogP contribution in [0.1, 0.15) is 25.0 Å². The molecule has 0 amide bonds. The highest BCUT2D eigenvalue weighted by molar-refractivity contribution is 9.10. The fourth-order valence-corrected chi connectivity index (χ4v) is 2.25. The summed E-state index contributed by atoms with van der Waals surface area (Å²) in [6.45, 7) is 5.79. The van der Waals surface area contributed by atoms with E-state index in [9.17, 15) is 0 Å². The Bertz CT molecular complexity index is 554. The van der Waals surface area contributed by atoms with Crippen molar-refractivity contribution in [3.8, 4) is 5.75 Å². The lowest BCUT2D eigenvalue weighted by Crippen LogP contribution is -2.21. The van der Waals surface area contributed by atoms with Crippen LogP contribution in [-0.4, -0.2) is 6.04 Å². The van der Waals surface area contributed by atoms with Crippen molar-refractivity contribution in [1.29, 1.82) is 0 Å². The van der Waals surface area contributed by atoms with Crippen molar-refractivity contribution >= 4 is 15.9 Å². The van der Waals surface area contributed by atoms with E-state index in [1.807, 2.05) is 24.3 Å². The maximum Gasteiger partial charge on any atom is 0.120 e. The van der Waals surface area contributed by atoms with Gasteiger partial charge in [-0.25, -0.2) is 0 Å². The Hall–Kier alpha value is -1.32. The molecular weight excluding hydrogens is 314 g/mol. The second-order valence-electron chi connectivity index (χ2n) is 5.10. The van der Waals surface area contributed by atoms with Gasteiger partial charge in [-0.05, 0) is 29.3 Å². The van der Waals surface area contributed by atoms with Crippen LogP contribution in [-0.2, 0) is 13.2 Å². The van der Waals surface area contributed by atoms with Crippen molar-refractivity contribution in [3.63, 3.8) is 0 Å². The Morgan fingerprint density at radius 1 is 1.05 bits per heavy atom. The Balaban J connectivity index is 1.94. The zero-order chi connectivity index (χ0) is 14.4. The summed E-state index contributed by atoms with van der Waals surface area (Å²) >= 11 is 3.45. The first-order valence-corrected chi connectivity index (χ1v) is 7.62. The van der Waals surface area contributed by atoms with E-state index in [0.29, 0.717) is 12.6 Å². The highest BCUT2D eigenvalue weighted by Crippen LogP contribution is 2.19. The van der Waals surface area contributed by atoms with Crippen LogP contribution in [0.25, 0.3) is 0 Å². The molecular formula is C17H20BrNO. The van der Waals surface area contributed by atoms with Crippen molar-refractivity contribution in [2.24, 2.45) is 0 Å². The molecule has 0 radical (unpaired) electrons. The van der Waals surface area contributed by atoms with Crippen molar-refractivity contribution in [3.05, 3.63) is 64.1 Å². The Labute approximate surface area is 129 Å². The van der Waals surface area contributed by atoms with Gasteiger partial charge in [0.05, 0.1) is 0 Å². The first kappa shape index (κ1) is 15.1. The van der Waals surface area contributed by atoms with Crippen LogP contribution in [0.5, 0.6) is 5.75 Å². The van der Waals surface area contributed by atoms with Gasteiger partial charge in [-0.3, -0.25) is 0 Å². The summed E-state index contributed by atoms with van der Waals surface area (Å²) in [6.07, 6.45) is 0. The van der Waals surface area contributed by atoms with Crippen molar-refractivity contribution < 1.29 is 4.74 Å². The Morgan fingerprint density at radius 3 is 2.55 bits per heavy atom. The fraction of sp³-hybridized carbons (Fsp3) is 0.294. The van der Waals surface area contributed by atoms with Gasteiger partial charge in [-0.1, -0.05) is 60.1 Å². The minimum Gasteiger partial charge on any atom is -0.489 e. The minimum absolute atomic E-state index is 0.497. The van der Waals surface area contributed by atoms with Crippen molar-refractivity contribution in [2.75, 3.05) is 0 Å². The molecule has 0 saturated heterocycles. The van der Waals surface area contributed by atoms with E-state index in [0.717, 1.165) is 16.8 Å². The zero-order valence-corrected chi connectivity index (χ0v) is 13.5. The molecule has 0 aromatic heterocycles. The zero-order valence-electron chi connectivity index (χ0n) is 11.9. The standard InChI is InChI=1S/C17H20BrNO/c1-13(2)19-11-14-5-3-6-15(9-14)12-20-17-8-4-7-16(18)10-17/h3-10,13,19H,11-12H2,1-2H3. The average molecular weight is 334 g/mol.